The van der Waals surface area contributed by atoms with Crippen molar-refractivity contribution in [2.24, 2.45) is 0 Å². The molecule has 0 aromatic rings. The van der Waals surface area contributed by atoms with Crippen LogP contribution in [0.5, 0.6) is 0 Å². The lowest BCUT2D eigenvalue weighted by Crippen LogP contribution is -2.30. The molecule has 460 valence electrons. The SMILES string of the molecule is CCC/C=C\CCCCCCCC(=O)OCC(COC(=O)CCCCCCCCCCCCCCCCCCCCCCCCCCCCCCCCCC)OC(=O)CCCCCCCCC/C=C\CCCCCCCCC. The third-order valence-corrected chi connectivity index (χ3v) is 16.2. The van der Waals surface area contributed by atoms with Gasteiger partial charge in [-0.3, -0.25) is 14.4 Å². The Balaban J connectivity index is 4.04. The van der Waals surface area contributed by atoms with E-state index in [4.69, 9.17) is 14.2 Å². The average molecular weight is 1100 g/mol. The molecule has 1 unspecified atom stereocenters. The second kappa shape index (κ2) is 67.4. The molecule has 0 aliphatic rings. The molecule has 0 aliphatic carbocycles. The highest BCUT2D eigenvalue weighted by Gasteiger charge is 2.19. The summed E-state index contributed by atoms with van der Waals surface area (Å²) in [5.74, 6) is -0.861. The Morgan fingerprint density at radius 1 is 0.244 bits per heavy atom. The number of carbonyl (C=O) groups is 3. The van der Waals surface area contributed by atoms with Crippen molar-refractivity contribution in [2.45, 2.75) is 406 Å². The van der Waals surface area contributed by atoms with E-state index in [9.17, 15) is 14.4 Å². The minimum absolute atomic E-state index is 0.0709. The van der Waals surface area contributed by atoms with Crippen molar-refractivity contribution in [3.63, 3.8) is 0 Å². The van der Waals surface area contributed by atoms with Crippen LogP contribution in [0.3, 0.4) is 0 Å². The van der Waals surface area contributed by atoms with E-state index in [-0.39, 0.29) is 31.1 Å². The molecule has 0 bridgehead atoms. The number of hydrogen-bond donors (Lipinski definition) is 0. The van der Waals surface area contributed by atoms with Crippen LogP contribution in [0.25, 0.3) is 0 Å². The lowest BCUT2D eigenvalue weighted by atomic mass is 10.0. The molecule has 0 amide bonds. The minimum atomic E-state index is -0.774. The summed E-state index contributed by atoms with van der Waals surface area (Å²) in [7, 11) is 0. The van der Waals surface area contributed by atoms with Crippen LogP contribution < -0.4 is 0 Å². The Bertz CT molecular complexity index is 1260. The fourth-order valence-electron chi connectivity index (χ4n) is 10.9. The molecule has 0 aliphatic heterocycles. The molecule has 0 aromatic heterocycles. The molecule has 0 saturated heterocycles. The van der Waals surface area contributed by atoms with Gasteiger partial charge < -0.3 is 14.2 Å². The summed E-state index contributed by atoms with van der Waals surface area (Å²) in [6.07, 6.45) is 82.4. The Morgan fingerprint density at radius 3 is 0.692 bits per heavy atom. The van der Waals surface area contributed by atoms with Gasteiger partial charge in [0.1, 0.15) is 13.2 Å². The van der Waals surface area contributed by atoms with Crippen molar-refractivity contribution < 1.29 is 28.6 Å². The van der Waals surface area contributed by atoms with E-state index in [1.54, 1.807) is 0 Å². The second-order valence-corrected chi connectivity index (χ2v) is 24.1. The number of unbranched alkanes of at least 4 members (excludes halogenated alkanes) is 51. The Hall–Kier alpha value is -2.11. The molecule has 0 rings (SSSR count). The molecule has 0 heterocycles. The minimum Gasteiger partial charge on any atom is -0.462 e. The molecule has 6 heteroatoms. The molecular formula is C72H136O6. The molecule has 0 radical (unpaired) electrons. The Labute approximate surface area is 487 Å². The number of esters is 3. The van der Waals surface area contributed by atoms with Gasteiger partial charge in [0.05, 0.1) is 0 Å². The van der Waals surface area contributed by atoms with Crippen LogP contribution >= 0.6 is 0 Å². The summed E-state index contributed by atoms with van der Waals surface area (Å²) in [5, 5.41) is 0. The van der Waals surface area contributed by atoms with E-state index in [0.29, 0.717) is 19.3 Å². The first-order valence-corrected chi connectivity index (χ1v) is 35.3. The quantitative estimate of drug-likeness (QED) is 0.0261. The van der Waals surface area contributed by atoms with E-state index in [1.807, 2.05) is 0 Å². The fourth-order valence-corrected chi connectivity index (χ4v) is 10.9. The zero-order valence-electron chi connectivity index (χ0n) is 53.0. The number of hydrogen-bond acceptors (Lipinski definition) is 6. The molecule has 78 heavy (non-hydrogen) atoms. The molecule has 0 fully saturated rings. The lowest BCUT2D eigenvalue weighted by molar-refractivity contribution is -0.167. The van der Waals surface area contributed by atoms with Crippen LogP contribution in [0.1, 0.15) is 400 Å². The summed E-state index contributed by atoms with van der Waals surface area (Å²) in [6, 6.07) is 0. The molecule has 0 spiro atoms. The van der Waals surface area contributed by atoms with E-state index < -0.39 is 6.10 Å². The summed E-state index contributed by atoms with van der Waals surface area (Å²) in [6.45, 7) is 6.64. The standard InChI is InChI=1S/C72H136O6/c1-4-7-10-13-16-19-22-24-26-28-30-31-32-33-34-35-36-37-38-39-40-41-42-43-45-46-48-50-53-56-59-62-65-71(74)77-68-69(67-76-70(73)64-61-58-55-52-21-18-15-12-9-6-3)78-72(75)66-63-60-57-54-51-49-47-44-29-27-25-23-20-17-14-11-8-5-2/h12,15,27,29,69H,4-11,13-14,16-26,28,30-68H2,1-3H3/b15-12-,29-27-. The number of allylic oxidation sites excluding steroid dienone is 4. The topological polar surface area (TPSA) is 78.9 Å². The third-order valence-electron chi connectivity index (χ3n) is 16.2. The van der Waals surface area contributed by atoms with Gasteiger partial charge in [-0.15, -0.1) is 0 Å². The maximum Gasteiger partial charge on any atom is 0.306 e. The first-order valence-electron chi connectivity index (χ1n) is 35.3. The molecule has 1 atom stereocenters. The highest BCUT2D eigenvalue weighted by atomic mass is 16.6. The molecule has 0 aromatic carbocycles. The summed E-state index contributed by atoms with van der Waals surface area (Å²) in [5.41, 5.74) is 0. The highest BCUT2D eigenvalue weighted by Crippen LogP contribution is 2.19. The van der Waals surface area contributed by atoms with Crippen LogP contribution in [-0.2, 0) is 28.6 Å². The predicted molar refractivity (Wildman–Crippen MR) is 340 cm³/mol. The van der Waals surface area contributed by atoms with Crippen molar-refractivity contribution >= 4 is 17.9 Å². The number of rotatable bonds is 66. The zero-order valence-corrected chi connectivity index (χ0v) is 53.0. The fraction of sp³-hybridized carbons (Fsp3) is 0.903. The van der Waals surface area contributed by atoms with Crippen molar-refractivity contribution in [3.05, 3.63) is 24.3 Å². The van der Waals surface area contributed by atoms with E-state index >= 15 is 0 Å². The van der Waals surface area contributed by atoms with Crippen LogP contribution in [0, 0.1) is 0 Å². The normalized spacial score (nSPS) is 12.1. The van der Waals surface area contributed by atoms with Crippen molar-refractivity contribution in [2.75, 3.05) is 13.2 Å². The van der Waals surface area contributed by atoms with Crippen molar-refractivity contribution in [3.8, 4) is 0 Å². The number of carbonyl (C=O) groups excluding carboxylic acids is 3. The highest BCUT2D eigenvalue weighted by molar-refractivity contribution is 5.71. The molecule has 0 N–H and O–H groups in total. The van der Waals surface area contributed by atoms with Gasteiger partial charge in [0.2, 0.25) is 0 Å². The summed E-state index contributed by atoms with van der Waals surface area (Å²) in [4.78, 5) is 38.3. The first-order chi connectivity index (χ1) is 38.5. The van der Waals surface area contributed by atoms with E-state index in [2.05, 4.69) is 45.1 Å². The van der Waals surface area contributed by atoms with Gasteiger partial charge >= 0.3 is 17.9 Å². The molecule has 0 saturated carbocycles. The van der Waals surface area contributed by atoms with Crippen molar-refractivity contribution in [1.82, 2.24) is 0 Å². The van der Waals surface area contributed by atoms with Gasteiger partial charge in [-0.25, -0.2) is 0 Å². The van der Waals surface area contributed by atoms with E-state index in [0.717, 1.165) is 70.6 Å². The van der Waals surface area contributed by atoms with Gasteiger partial charge in [0.25, 0.3) is 0 Å². The Kier molecular flexibility index (Phi) is 65.6. The number of ether oxygens (including phenoxy) is 3. The van der Waals surface area contributed by atoms with Gasteiger partial charge in [-0.1, -0.05) is 340 Å². The maximum absolute atomic E-state index is 12.9. The maximum atomic E-state index is 12.9. The van der Waals surface area contributed by atoms with Crippen LogP contribution in [0.15, 0.2) is 24.3 Å². The van der Waals surface area contributed by atoms with Crippen LogP contribution in [0.2, 0.25) is 0 Å². The predicted octanol–water partition coefficient (Wildman–Crippen LogP) is 24.2. The third kappa shape index (κ3) is 64.7. The van der Waals surface area contributed by atoms with Crippen molar-refractivity contribution in [1.29, 1.82) is 0 Å². The van der Waals surface area contributed by atoms with Gasteiger partial charge in [-0.2, -0.15) is 0 Å². The largest absolute Gasteiger partial charge is 0.462 e. The average Bonchev–Trinajstić information content (AvgIpc) is 3.44. The van der Waals surface area contributed by atoms with Gasteiger partial charge in [-0.05, 0) is 64.2 Å². The summed E-state index contributed by atoms with van der Waals surface area (Å²) >= 11 is 0. The molecule has 6 nitrogen and oxygen atoms in total. The second-order valence-electron chi connectivity index (χ2n) is 24.1. The first kappa shape index (κ1) is 75.9. The smallest absolute Gasteiger partial charge is 0.306 e. The Morgan fingerprint density at radius 2 is 0.449 bits per heavy atom. The lowest BCUT2D eigenvalue weighted by Gasteiger charge is -2.18. The monoisotopic (exact) mass is 1100 g/mol. The van der Waals surface area contributed by atoms with Crippen LogP contribution in [-0.4, -0.2) is 37.2 Å². The van der Waals surface area contributed by atoms with E-state index in [1.165, 1.54) is 289 Å². The molecular weight excluding hydrogens is 961 g/mol. The van der Waals surface area contributed by atoms with Crippen LogP contribution in [0.4, 0.5) is 0 Å². The zero-order chi connectivity index (χ0) is 56.4. The van der Waals surface area contributed by atoms with Gasteiger partial charge in [0, 0.05) is 19.3 Å². The van der Waals surface area contributed by atoms with Gasteiger partial charge in [0.15, 0.2) is 6.10 Å². The summed E-state index contributed by atoms with van der Waals surface area (Å²) < 4.78 is 16.9.